The number of anilines is 1. The first kappa shape index (κ1) is 13.8. The van der Waals surface area contributed by atoms with Crippen molar-refractivity contribution < 1.29 is 9.53 Å². The molecule has 0 radical (unpaired) electrons. The predicted octanol–water partition coefficient (Wildman–Crippen LogP) is 2.61. The molecule has 7 heteroatoms. The van der Waals surface area contributed by atoms with Crippen LogP contribution in [0.15, 0.2) is 24.5 Å². The van der Waals surface area contributed by atoms with Crippen LogP contribution in [0, 0.1) is 0 Å². The Morgan fingerprint density at radius 2 is 2.37 bits per heavy atom. The molecule has 0 unspecified atom stereocenters. The van der Waals surface area contributed by atoms with E-state index in [2.05, 4.69) is 14.7 Å². The highest BCUT2D eigenvalue weighted by Crippen LogP contribution is 2.30. The van der Waals surface area contributed by atoms with Gasteiger partial charge in [-0.25, -0.2) is 9.78 Å². The van der Waals surface area contributed by atoms with Gasteiger partial charge in [0.1, 0.15) is 0 Å². The highest BCUT2D eigenvalue weighted by Gasteiger charge is 2.19. The van der Waals surface area contributed by atoms with Gasteiger partial charge in [0.15, 0.2) is 15.2 Å². The van der Waals surface area contributed by atoms with Gasteiger partial charge in [-0.15, -0.1) is 0 Å². The van der Waals surface area contributed by atoms with Crippen LogP contribution < -0.4 is 4.90 Å². The number of carbonyl (C=O) groups is 1. The van der Waals surface area contributed by atoms with Crippen molar-refractivity contribution in [2.24, 2.45) is 0 Å². The van der Waals surface area contributed by atoms with Crippen LogP contribution in [0.1, 0.15) is 15.2 Å². The third-order valence-corrected chi connectivity index (χ3v) is 3.95. The molecular formula is C12H12ClN3O2S. The van der Waals surface area contributed by atoms with Crippen molar-refractivity contribution in [3.8, 4) is 0 Å². The molecule has 0 bridgehead atoms. The number of ether oxygens (including phenoxy) is 1. The van der Waals surface area contributed by atoms with E-state index in [1.807, 2.05) is 24.1 Å². The molecule has 0 saturated carbocycles. The molecule has 0 aliphatic rings. The first-order valence-electron chi connectivity index (χ1n) is 5.46. The third-order valence-electron chi connectivity index (χ3n) is 2.41. The zero-order chi connectivity index (χ0) is 13.8. The van der Waals surface area contributed by atoms with Crippen LogP contribution in [0.3, 0.4) is 0 Å². The lowest BCUT2D eigenvalue weighted by molar-refractivity contribution is 0.0606. The van der Waals surface area contributed by atoms with Crippen LogP contribution >= 0.6 is 22.9 Å². The Morgan fingerprint density at radius 3 is 3.00 bits per heavy atom. The number of rotatable bonds is 4. The molecule has 0 aliphatic heterocycles. The number of esters is 1. The van der Waals surface area contributed by atoms with E-state index < -0.39 is 5.97 Å². The fraction of sp³-hybridized carbons (Fsp3) is 0.250. The number of thiazole rings is 1. The second-order valence-corrected chi connectivity index (χ2v) is 5.16. The second kappa shape index (κ2) is 5.99. The molecule has 0 aliphatic carbocycles. The van der Waals surface area contributed by atoms with E-state index in [0.717, 1.165) is 5.56 Å². The number of carbonyl (C=O) groups excluding carboxylic acids is 1. The highest BCUT2D eigenvalue weighted by atomic mass is 35.5. The maximum Gasteiger partial charge on any atom is 0.351 e. The molecule has 0 atom stereocenters. The van der Waals surface area contributed by atoms with E-state index in [1.54, 1.807) is 12.4 Å². The molecule has 2 heterocycles. The first-order valence-corrected chi connectivity index (χ1v) is 6.66. The summed E-state index contributed by atoms with van der Waals surface area (Å²) in [7, 11) is 3.20. The lowest BCUT2D eigenvalue weighted by atomic mass is 10.3. The molecule has 5 nitrogen and oxygen atoms in total. The maximum absolute atomic E-state index is 11.5. The van der Waals surface area contributed by atoms with Crippen molar-refractivity contribution in [3.63, 3.8) is 0 Å². The fourth-order valence-electron chi connectivity index (χ4n) is 1.51. The normalized spacial score (nSPS) is 10.3. The standard InChI is InChI=1S/C12H12ClN3O2S/c1-16(7-8-4-3-5-14-6-8)12-15-10(13)9(19-12)11(17)18-2/h3-6H,7H2,1-2H3. The van der Waals surface area contributed by atoms with Gasteiger partial charge in [-0.05, 0) is 11.6 Å². The van der Waals surface area contributed by atoms with E-state index in [-0.39, 0.29) is 5.15 Å². The van der Waals surface area contributed by atoms with Crippen LogP contribution in [0.5, 0.6) is 0 Å². The summed E-state index contributed by atoms with van der Waals surface area (Å²) in [4.78, 5) is 21.9. The number of methoxy groups -OCH3 is 1. The summed E-state index contributed by atoms with van der Waals surface area (Å²) in [6.07, 6.45) is 3.51. The van der Waals surface area contributed by atoms with Crippen molar-refractivity contribution >= 4 is 34.0 Å². The average Bonchev–Trinajstić information content (AvgIpc) is 2.81. The van der Waals surface area contributed by atoms with Gasteiger partial charge in [0.25, 0.3) is 0 Å². The number of hydrogen-bond acceptors (Lipinski definition) is 6. The van der Waals surface area contributed by atoms with Gasteiger partial charge in [-0.3, -0.25) is 4.98 Å². The summed E-state index contributed by atoms with van der Waals surface area (Å²) in [5.74, 6) is -0.469. The number of aromatic nitrogens is 2. The van der Waals surface area contributed by atoms with Crippen molar-refractivity contribution in [1.29, 1.82) is 0 Å². The minimum absolute atomic E-state index is 0.171. The first-order chi connectivity index (χ1) is 9.11. The van der Waals surface area contributed by atoms with Crippen LogP contribution in [0.25, 0.3) is 0 Å². The van der Waals surface area contributed by atoms with E-state index >= 15 is 0 Å². The average molecular weight is 298 g/mol. The van der Waals surface area contributed by atoms with E-state index in [9.17, 15) is 4.79 Å². The SMILES string of the molecule is COC(=O)c1sc(N(C)Cc2cccnc2)nc1Cl. The number of hydrogen-bond donors (Lipinski definition) is 0. The topological polar surface area (TPSA) is 55.3 Å². The van der Waals surface area contributed by atoms with Gasteiger partial charge >= 0.3 is 5.97 Å². The van der Waals surface area contributed by atoms with Crippen LogP contribution in [0.2, 0.25) is 5.15 Å². The van der Waals surface area contributed by atoms with Gasteiger partial charge in [-0.2, -0.15) is 0 Å². The molecule has 2 rings (SSSR count). The molecule has 0 saturated heterocycles. The van der Waals surface area contributed by atoms with Crippen molar-refractivity contribution in [1.82, 2.24) is 9.97 Å². The van der Waals surface area contributed by atoms with Gasteiger partial charge in [0.05, 0.1) is 7.11 Å². The Bertz CT molecular complexity index is 574. The van der Waals surface area contributed by atoms with E-state index in [0.29, 0.717) is 16.6 Å². The summed E-state index contributed by atoms with van der Waals surface area (Å²) < 4.78 is 4.65. The molecule has 0 aromatic carbocycles. The molecule has 2 aromatic heterocycles. The largest absolute Gasteiger partial charge is 0.465 e. The summed E-state index contributed by atoms with van der Waals surface area (Å²) in [6, 6.07) is 3.85. The molecule has 0 spiro atoms. The van der Waals surface area contributed by atoms with E-state index in [1.165, 1.54) is 18.4 Å². The maximum atomic E-state index is 11.5. The monoisotopic (exact) mass is 297 g/mol. The molecule has 100 valence electrons. The Morgan fingerprint density at radius 1 is 1.58 bits per heavy atom. The van der Waals surface area contributed by atoms with E-state index in [4.69, 9.17) is 11.6 Å². The Kier molecular flexibility index (Phi) is 4.34. The smallest absolute Gasteiger partial charge is 0.351 e. The summed E-state index contributed by atoms with van der Waals surface area (Å²) in [5.41, 5.74) is 1.05. The number of pyridine rings is 1. The lowest BCUT2D eigenvalue weighted by Crippen LogP contribution is -2.16. The highest BCUT2D eigenvalue weighted by molar-refractivity contribution is 7.18. The number of halogens is 1. The predicted molar refractivity (Wildman–Crippen MR) is 74.8 cm³/mol. The van der Waals surface area contributed by atoms with Gasteiger partial charge in [0, 0.05) is 26.0 Å². The fourth-order valence-corrected chi connectivity index (χ4v) is 2.67. The molecule has 0 amide bonds. The summed E-state index contributed by atoms with van der Waals surface area (Å²) in [6.45, 7) is 0.637. The zero-order valence-corrected chi connectivity index (χ0v) is 12.0. The summed E-state index contributed by atoms with van der Waals surface area (Å²) in [5, 5.41) is 0.833. The molecule has 19 heavy (non-hydrogen) atoms. The number of nitrogens with zero attached hydrogens (tertiary/aromatic N) is 3. The van der Waals surface area contributed by atoms with Crippen LogP contribution in [0.4, 0.5) is 5.13 Å². The Hall–Kier alpha value is -1.66. The van der Waals surface area contributed by atoms with Crippen molar-refractivity contribution in [2.75, 3.05) is 19.1 Å². The van der Waals surface area contributed by atoms with Gasteiger partial charge in [0.2, 0.25) is 0 Å². The summed E-state index contributed by atoms with van der Waals surface area (Å²) >= 11 is 7.13. The lowest BCUT2D eigenvalue weighted by Gasteiger charge is -2.14. The molecule has 0 fully saturated rings. The van der Waals surface area contributed by atoms with Gasteiger partial charge in [-0.1, -0.05) is 29.0 Å². The minimum atomic E-state index is -0.469. The molecule has 0 N–H and O–H groups in total. The molecule has 2 aromatic rings. The Labute approximate surface area is 119 Å². The van der Waals surface area contributed by atoms with Gasteiger partial charge < -0.3 is 9.64 Å². The quantitative estimate of drug-likeness (QED) is 0.812. The molecular weight excluding hydrogens is 286 g/mol. The third kappa shape index (κ3) is 3.21. The van der Waals surface area contributed by atoms with Crippen molar-refractivity contribution in [3.05, 3.63) is 40.1 Å². The van der Waals surface area contributed by atoms with Crippen LogP contribution in [-0.2, 0) is 11.3 Å². The van der Waals surface area contributed by atoms with Crippen LogP contribution in [-0.4, -0.2) is 30.1 Å². The minimum Gasteiger partial charge on any atom is -0.465 e. The second-order valence-electron chi connectivity index (χ2n) is 3.83. The zero-order valence-electron chi connectivity index (χ0n) is 10.5. The van der Waals surface area contributed by atoms with Crippen molar-refractivity contribution in [2.45, 2.75) is 6.54 Å². The Balaban J connectivity index is 2.16.